The molecule has 1 aromatic rings. The van der Waals surface area contributed by atoms with E-state index < -0.39 is 44.1 Å². The first-order valence-electron chi connectivity index (χ1n) is 8.21. The number of hydrogen-bond donors (Lipinski definition) is 0. The van der Waals surface area contributed by atoms with E-state index in [0.717, 1.165) is 4.90 Å². The lowest BCUT2D eigenvalue weighted by atomic mass is 9.84. The van der Waals surface area contributed by atoms with Crippen LogP contribution in [0.3, 0.4) is 0 Å². The standard InChI is InChI=1S/C17H12Cl4N2O6/c1-28-17(29-2)15(20)9-10(16(17,21)12(19)11(15)18)14(25)22(13(9)24)7-3-5-8(6-4-7)23(26)27/h3-6,9-10H,1-2H3/t9-,10+,15-,16-/m1/s1. The monoisotopic (exact) mass is 480 g/mol. The molecule has 4 rings (SSSR count). The number of imide groups is 1. The maximum absolute atomic E-state index is 13.3. The van der Waals surface area contributed by atoms with E-state index in [1.54, 1.807) is 0 Å². The van der Waals surface area contributed by atoms with Crippen LogP contribution in [0.1, 0.15) is 0 Å². The number of anilines is 1. The third kappa shape index (κ3) is 2.05. The summed E-state index contributed by atoms with van der Waals surface area (Å²) in [4.78, 5) is 34.1. The molecule has 4 atom stereocenters. The lowest BCUT2D eigenvalue weighted by Gasteiger charge is -2.42. The van der Waals surface area contributed by atoms with Crippen LogP contribution in [-0.4, -0.2) is 46.5 Å². The van der Waals surface area contributed by atoms with E-state index in [4.69, 9.17) is 55.9 Å². The fourth-order valence-electron chi connectivity index (χ4n) is 4.68. The number of nitrogens with zero attached hydrogens (tertiary/aromatic N) is 2. The highest BCUT2D eigenvalue weighted by molar-refractivity contribution is 6.54. The maximum Gasteiger partial charge on any atom is 0.269 e. The van der Waals surface area contributed by atoms with Crippen LogP contribution in [-0.2, 0) is 19.1 Å². The molecular weight excluding hydrogens is 470 g/mol. The number of carbonyl (C=O) groups excluding carboxylic acids is 2. The van der Waals surface area contributed by atoms with Crippen LogP contribution in [0, 0.1) is 22.0 Å². The zero-order valence-corrected chi connectivity index (χ0v) is 17.8. The normalized spacial score (nSPS) is 34.9. The van der Waals surface area contributed by atoms with E-state index >= 15 is 0 Å². The van der Waals surface area contributed by atoms with Crippen LogP contribution in [0.25, 0.3) is 0 Å². The van der Waals surface area contributed by atoms with Crippen LogP contribution in [0.4, 0.5) is 11.4 Å². The van der Waals surface area contributed by atoms with E-state index in [1.165, 1.54) is 38.5 Å². The predicted octanol–water partition coefficient (Wildman–Crippen LogP) is 3.36. The Morgan fingerprint density at radius 1 is 0.966 bits per heavy atom. The molecule has 2 fully saturated rings. The van der Waals surface area contributed by atoms with Crippen LogP contribution >= 0.6 is 46.4 Å². The molecule has 1 aliphatic heterocycles. The molecule has 2 aliphatic carbocycles. The highest BCUT2D eigenvalue weighted by Crippen LogP contribution is 2.75. The molecule has 2 amide bonds. The topological polar surface area (TPSA) is 99.0 Å². The maximum atomic E-state index is 13.3. The molecule has 1 heterocycles. The molecule has 1 saturated heterocycles. The Kier molecular flexibility index (Phi) is 4.52. The number of rotatable bonds is 4. The summed E-state index contributed by atoms with van der Waals surface area (Å²) >= 11 is 26.4. The molecule has 12 heteroatoms. The van der Waals surface area contributed by atoms with Gasteiger partial charge in [0.2, 0.25) is 17.6 Å². The van der Waals surface area contributed by atoms with Gasteiger partial charge in [-0.25, -0.2) is 4.90 Å². The van der Waals surface area contributed by atoms with Crippen LogP contribution in [0.5, 0.6) is 0 Å². The number of methoxy groups -OCH3 is 2. The van der Waals surface area contributed by atoms with Crippen molar-refractivity contribution in [3.05, 3.63) is 44.4 Å². The molecule has 0 aromatic heterocycles. The zero-order chi connectivity index (χ0) is 21.5. The molecular formula is C17H12Cl4N2O6. The Morgan fingerprint density at radius 2 is 1.38 bits per heavy atom. The van der Waals surface area contributed by atoms with E-state index in [0.29, 0.717) is 0 Å². The van der Waals surface area contributed by atoms with Crippen molar-refractivity contribution in [1.29, 1.82) is 0 Å². The smallest absolute Gasteiger partial charge is 0.269 e. The van der Waals surface area contributed by atoms with Crippen molar-refractivity contribution in [2.24, 2.45) is 11.8 Å². The summed E-state index contributed by atoms with van der Waals surface area (Å²) in [6, 6.07) is 4.93. The average Bonchev–Trinajstić information content (AvgIpc) is 3.12. The lowest BCUT2D eigenvalue weighted by molar-refractivity contribution is -0.384. The summed E-state index contributed by atoms with van der Waals surface area (Å²) in [7, 11) is 2.53. The highest BCUT2D eigenvalue weighted by Gasteiger charge is 2.89. The summed E-state index contributed by atoms with van der Waals surface area (Å²) in [6.07, 6.45) is 0. The molecule has 154 valence electrons. The fourth-order valence-corrected chi connectivity index (χ4v) is 6.84. The number of carbonyl (C=O) groups is 2. The molecule has 1 saturated carbocycles. The predicted molar refractivity (Wildman–Crippen MR) is 105 cm³/mol. The van der Waals surface area contributed by atoms with Gasteiger partial charge >= 0.3 is 0 Å². The summed E-state index contributed by atoms with van der Waals surface area (Å²) in [5.41, 5.74) is -0.0612. The minimum absolute atomic E-state index is 0.132. The van der Waals surface area contributed by atoms with Gasteiger partial charge in [-0.3, -0.25) is 19.7 Å². The van der Waals surface area contributed by atoms with Gasteiger partial charge in [-0.15, -0.1) is 23.2 Å². The number of nitro groups is 1. The van der Waals surface area contributed by atoms with Crippen LogP contribution < -0.4 is 4.90 Å². The first-order chi connectivity index (χ1) is 13.5. The van der Waals surface area contributed by atoms with Gasteiger partial charge in [-0.05, 0) is 12.1 Å². The van der Waals surface area contributed by atoms with E-state index in [1.807, 2.05) is 0 Å². The molecule has 29 heavy (non-hydrogen) atoms. The first kappa shape index (κ1) is 20.8. The van der Waals surface area contributed by atoms with Gasteiger partial charge in [0.1, 0.15) is 9.75 Å². The summed E-state index contributed by atoms with van der Waals surface area (Å²) in [6.45, 7) is 0. The second-order valence-electron chi connectivity index (χ2n) is 6.82. The van der Waals surface area contributed by atoms with Gasteiger partial charge in [0.05, 0.1) is 32.5 Å². The van der Waals surface area contributed by atoms with Crippen LogP contribution in [0.15, 0.2) is 34.3 Å². The molecule has 0 spiro atoms. The van der Waals surface area contributed by atoms with Gasteiger partial charge in [-0.2, -0.15) is 0 Å². The molecule has 0 radical (unpaired) electrons. The first-order valence-corrected chi connectivity index (χ1v) is 9.72. The van der Waals surface area contributed by atoms with Crippen molar-refractivity contribution in [1.82, 2.24) is 0 Å². The number of ether oxygens (including phenoxy) is 2. The SMILES string of the molecule is COC1(OC)[C@]2(Cl)C(Cl)=C(Cl)[C@]1(Cl)[C@H]1C(=O)N(c3ccc([N+](=O)[O-])cc3)C(=O)[C@H]12. The van der Waals surface area contributed by atoms with Gasteiger partial charge in [0.15, 0.2) is 0 Å². The Labute approximate surface area is 184 Å². The highest BCUT2D eigenvalue weighted by atomic mass is 35.5. The number of hydrogen-bond acceptors (Lipinski definition) is 6. The number of amides is 2. The summed E-state index contributed by atoms with van der Waals surface area (Å²) in [5, 5.41) is 10.6. The molecule has 2 bridgehead atoms. The third-order valence-electron chi connectivity index (χ3n) is 5.85. The molecule has 0 unspecified atom stereocenters. The minimum Gasteiger partial charge on any atom is -0.350 e. The number of fused-ring (bicyclic) bond motifs is 5. The molecule has 3 aliphatic rings. The van der Waals surface area contributed by atoms with Crippen molar-refractivity contribution >= 4 is 69.6 Å². The zero-order valence-electron chi connectivity index (χ0n) is 14.8. The number of nitro benzene ring substituents is 1. The van der Waals surface area contributed by atoms with Crippen molar-refractivity contribution < 1.29 is 24.0 Å². The molecule has 0 N–H and O–H groups in total. The van der Waals surface area contributed by atoms with Gasteiger partial charge in [-0.1, -0.05) is 23.2 Å². The average molecular weight is 482 g/mol. The Balaban J connectivity index is 1.87. The molecule has 1 aromatic carbocycles. The fraction of sp³-hybridized carbons (Fsp3) is 0.412. The van der Waals surface area contributed by atoms with Crippen molar-refractivity contribution in [2.75, 3.05) is 19.1 Å². The van der Waals surface area contributed by atoms with Gasteiger partial charge < -0.3 is 9.47 Å². The largest absolute Gasteiger partial charge is 0.350 e. The minimum atomic E-state index is -1.86. The van der Waals surface area contributed by atoms with E-state index in [2.05, 4.69) is 0 Å². The number of halogens is 4. The quantitative estimate of drug-likeness (QED) is 0.215. The second kappa shape index (κ2) is 6.29. The van der Waals surface area contributed by atoms with Crippen LogP contribution in [0.2, 0.25) is 0 Å². The third-order valence-corrected chi connectivity index (χ3v) is 8.46. The Hall–Kier alpha value is -1.42. The van der Waals surface area contributed by atoms with E-state index in [-0.39, 0.29) is 21.4 Å². The summed E-state index contributed by atoms with van der Waals surface area (Å²) < 4.78 is 11.0. The van der Waals surface area contributed by atoms with E-state index in [9.17, 15) is 19.7 Å². The Morgan fingerprint density at radius 3 is 1.72 bits per heavy atom. The molecule has 8 nitrogen and oxygen atoms in total. The van der Waals surface area contributed by atoms with Crippen molar-refractivity contribution in [3.8, 4) is 0 Å². The van der Waals surface area contributed by atoms with Crippen molar-refractivity contribution in [2.45, 2.75) is 15.5 Å². The number of alkyl halides is 2. The lowest BCUT2D eigenvalue weighted by Crippen LogP contribution is -2.60. The van der Waals surface area contributed by atoms with Gasteiger partial charge in [0, 0.05) is 26.4 Å². The second-order valence-corrected chi connectivity index (χ2v) is 8.77. The number of non-ortho nitro benzene ring substituents is 1. The van der Waals surface area contributed by atoms with Crippen molar-refractivity contribution in [3.63, 3.8) is 0 Å². The van der Waals surface area contributed by atoms with Gasteiger partial charge in [0.25, 0.3) is 5.69 Å². The number of benzene rings is 1. The summed E-state index contributed by atoms with van der Waals surface area (Å²) in [5.74, 6) is -5.68. The Bertz CT molecular complexity index is 948.